The van der Waals surface area contributed by atoms with E-state index in [-0.39, 0.29) is 6.10 Å². The second kappa shape index (κ2) is 4.29. The minimum absolute atomic E-state index is 0.101. The van der Waals surface area contributed by atoms with Crippen molar-refractivity contribution >= 4 is 8.58 Å². The molecule has 0 saturated carbocycles. The Bertz CT molecular complexity index is 44.5. The number of rotatable bonds is 3. The summed E-state index contributed by atoms with van der Waals surface area (Å²) in [6.45, 7) is 6.21. The highest BCUT2D eigenvalue weighted by molar-refractivity contribution is 7.38. The fraction of sp³-hybridized carbons (Fsp3) is 1.00. The first-order valence-electron chi connectivity index (χ1n) is 3.04. The SMILES string of the molecule is CC(O)CPC(C)C. The van der Waals surface area contributed by atoms with Gasteiger partial charge in [-0.25, -0.2) is 0 Å². The van der Waals surface area contributed by atoms with Gasteiger partial charge in [0.1, 0.15) is 0 Å². The van der Waals surface area contributed by atoms with Crippen LogP contribution in [0.1, 0.15) is 20.8 Å². The quantitative estimate of drug-likeness (QED) is 0.579. The molecular weight excluding hydrogens is 119 g/mol. The highest BCUT2D eigenvalue weighted by Gasteiger charge is 1.96. The Kier molecular flexibility index (Phi) is 4.50. The Balaban J connectivity index is 2.93. The van der Waals surface area contributed by atoms with Crippen LogP contribution in [0.2, 0.25) is 0 Å². The molecule has 0 aliphatic carbocycles. The second-order valence-corrected chi connectivity index (χ2v) is 4.38. The number of hydrogen-bond donors (Lipinski definition) is 1. The lowest BCUT2D eigenvalue weighted by molar-refractivity contribution is 0.219. The summed E-state index contributed by atoms with van der Waals surface area (Å²) in [5.41, 5.74) is 0.754. The van der Waals surface area contributed by atoms with Gasteiger partial charge in [-0.3, -0.25) is 0 Å². The molecule has 0 aromatic rings. The van der Waals surface area contributed by atoms with Crippen LogP contribution >= 0.6 is 8.58 Å². The summed E-state index contributed by atoms with van der Waals surface area (Å²) in [6, 6.07) is 0. The minimum atomic E-state index is -0.101. The lowest BCUT2D eigenvalue weighted by atomic mass is 10.5. The van der Waals surface area contributed by atoms with Crippen LogP contribution in [0.4, 0.5) is 0 Å². The van der Waals surface area contributed by atoms with Gasteiger partial charge in [-0.1, -0.05) is 13.8 Å². The van der Waals surface area contributed by atoms with E-state index in [9.17, 15) is 0 Å². The van der Waals surface area contributed by atoms with Crippen LogP contribution in [0.3, 0.4) is 0 Å². The van der Waals surface area contributed by atoms with Crippen LogP contribution in [0.5, 0.6) is 0 Å². The average Bonchev–Trinajstić information content (AvgIpc) is 1.61. The van der Waals surface area contributed by atoms with E-state index in [0.29, 0.717) is 0 Å². The van der Waals surface area contributed by atoms with Gasteiger partial charge < -0.3 is 5.11 Å². The van der Waals surface area contributed by atoms with E-state index in [1.165, 1.54) is 0 Å². The molecule has 0 fully saturated rings. The molecule has 1 nitrogen and oxygen atoms in total. The van der Waals surface area contributed by atoms with Crippen molar-refractivity contribution in [3.63, 3.8) is 0 Å². The molecule has 0 bridgehead atoms. The van der Waals surface area contributed by atoms with Gasteiger partial charge in [0.25, 0.3) is 0 Å². The van der Waals surface area contributed by atoms with Crippen molar-refractivity contribution in [3.05, 3.63) is 0 Å². The molecule has 0 saturated heterocycles. The van der Waals surface area contributed by atoms with Crippen molar-refractivity contribution in [2.75, 3.05) is 6.16 Å². The van der Waals surface area contributed by atoms with Gasteiger partial charge in [-0.15, -0.1) is 8.58 Å². The van der Waals surface area contributed by atoms with Crippen molar-refractivity contribution in [1.82, 2.24) is 0 Å². The zero-order valence-corrected chi connectivity index (χ0v) is 6.81. The Morgan fingerprint density at radius 2 is 1.88 bits per heavy atom. The molecule has 0 aromatic carbocycles. The maximum Gasteiger partial charge on any atom is 0.0548 e. The first-order chi connectivity index (χ1) is 3.63. The molecule has 2 atom stereocenters. The zero-order valence-electron chi connectivity index (χ0n) is 5.81. The number of aliphatic hydroxyl groups excluding tert-OH is 1. The van der Waals surface area contributed by atoms with Gasteiger partial charge in [0.05, 0.1) is 6.10 Å². The van der Waals surface area contributed by atoms with Crippen LogP contribution in [0.25, 0.3) is 0 Å². The minimum Gasteiger partial charge on any atom is -0.393 e. The third-order valence-electron chi connectivity index (χ3n) is 0.822. The fourth-order valence-electron chi connectivity index (χ4n) is 0.406. The van der Waals surface area contributed by atoms with Gasteiger partial charge in [-0.2, -0.15) is 0 Å². The van der Waals surface area contributed by atoms with E-state index in [4.69, 9.17) is 5.11 Å². The monoisotopic (exact) mass is 134 g/mol. The summed E-state index contributed by atoms with van der Waals surface area (Å²) in [5.74, 6) is 0. The predicted molar refractivity (Wildman–Crippen MR) is 40.0 cm³/mol. The third kappa shape index (κ3) is 6.39. The van der Waals surface area contributed by atoms with Gasteiger partial charge >= 0.3 is 0 Å². The molecule has 50 valence electrons. The van der Waals surface area contributed by atoms with Crippen molar-refractivity contribution in [2.24, 2.45) is 0 Å². The first kappa shape index (κ1) is 8.39. The average molecular weight is 134 g/mol. The first-order valence-corrected chi connectivity index (χ1v) is 4.33. The molecule has 0 aliphatic rings. The maximum atomic E-state index is 8.81. The number of hydrogen-bond acceptors (Lipinski definition) is 1. The molecule has 0 amide bonds. The largest absolute Gasteiger partial charge is 0.393 e. The predicted octanol–water partition coefficient (Wildman–Crippen LogP) is 1.45. The van der Waals surface area contributed by atoms with E-state index in [0.717, 1.165) is 20.4 Å². The van der Waals surface area contributed by atoms with E-state index in [2.05, 4.69) is 13.8 Å². The molecule has 0 aliphatic heterocycles. The van der Waals surface area contributed by atoms with Crippen LogP contribution in [-0.4, -0.2) is 23.0 Å². The summed E-state index contributed by atoms with van der Waals surface area (Å²) in [7, 11) is 0.919. The summed E-state index contributed by atoms with van der Waals surface area (Å²) in [6.07, 6.45) is 0.869. The zero-order chi connectivity index (χ0) is 6.57. The Morgan fingerprint density at radius 1 is 1.38 bits per heavy atom. The van der Waals surface area contributed by atoms with Gasteiger partial charge in [0, 0.05) is 0 Å². The van der Waals surface area contributed by atoms with Crippen molar-refractivity contribution < 1.29 is 5.11 Å². The smallest absolute Gasteiger partial charge is 0.0548 e. The molecule has 0 spiro atoms. The van der Waals surface area contributed by atoms with E-state index in [1.54, 1.807) is 0 Å². The van der Waals surface area contributed by atoms with Crippen LogP contribution < -0.4 is 0 Å². The molecular formula is C6H15OP. The number of aliphatic hydroxyl groups is 1. The lowest BCUT2D eigenvalue weighted by Gasteiger charge is -2.05. The Morgan fingerprint density at radius 3 is 2.00 bits per heavy atom. The Hall–Kier alpha value is 0.390. The summed E-state index contributed by atoms with van der Waals surface area (Å²) in [5, 5.41) is 8.81. The summed E-state index contributed by atoms with van der Waals surface area (Å²) < 4.78 is 0. The van der Waals surface area contributed by atoms with Gasteiger partial charge in [-0.05, 0) is 18.7 Å². The normalized spacial score (nSPS) is 16.1. The molecule has 0 aromatic heterocycles. The molecule has 2 heteroatoms. The highest BCUT2D eigenvalue weighted by Crippen LogP contribution is 2.17. The molecule has 0 radical (unpaired) electrons. The topological polar surface area (TPSA) is 20.2 Å². The van der Waals surface area contributed by atoms with Gasteiger partial charge in [0.15, 0.2) is 0 Å². The van der Waals surface area contributed by atoms with Crippen molar-refractivity contribution in [1.29, 1.82) is 0 Å². The molecule has 0 rings (SSSR count). The fourth-order valence-corrected chi connectivity index (χ4v) is 1.22. The molecule has 2 unspecified atom stereocenters. The lowest BCUT2D eigenvalue weighted by Crippen LogP contribution is -2.03. The van der Waals surface area contributed by atoms with Crippen molar-refractivity contribution in [3.8, 4) is 0 Å². The molecule has 0 heterocycles. The van der Waals surface area contributed by atoms with Crippen LogP contribution in [0, 0.1) is 0 Å². The second-order valence-electron chi connectivity index (χ2n) is 2.41. The van der Waals surface area contributed by atoms with Gasteiger partial charge in [0.2, 0.25) is 0 Å². The highest BCUT2D eigenvalue weighted by atomic mass is 31.1. The molecule has 8 heavy (non-hydrogen) atoms. The summed E-state index contributed by atoms with van der Waals surface area (Å²) >= 11 is 0. The summed E-state index contributed by atoms with van der Waals surface area (Å²) in [4.78, 5) is 0. The third-order valence-corrected chi connectivity index (χ3v) is 2.46. The van der Waals surface area contributed by atoms with Crippen LogP contribution in [0.15, 0.2) is 0 Å². The maximum absolute atomic E-state index is 8.81. The molecule has 1 N–H and O–H groups in total. The standard InChI is InChI=1S/C6H15OP/c1-5(2)8-4-6(3)7/h5-8H,4H2,1-3H3. The van der Waals surface area contributed by atoms with E-state index < -0.39 is 0 Å². The van der Waals surface area contributed by atoms with Crippen molar-refractivity contribution in [2.45, 2.75) is 32.5 Å². The van der Waals surface area contributed by atoms with E-state index >= 15 is 0 Å². The van der Waals surface area contributed by atoms with Crippen LogP contribution in [-0.2, 0) is 0 Å². The Labute approximate surface area is 53.3 Å². The van der Waals surface area contributed by atoms with E-state index in [1.807, 2.05) is 6.92 Å².